The number of likely N-dealkylation sites (tertiary alicyclic amines) is 1. The second-order valence-electron chi connectivity index (χ2n) is 14.0. The molecule has 1 saturated heterocycles. The van der Waals surface area contributed by atoms with E-state index in [0.29, 0.717) is 37.8 Å². The van der Waals surface area contributed by atoms with Gasteiger partial charge in [-0.1, -0.05) is 46.2 Å². The number of carbonyl (C=O) groups is 7. The molecule has 296 valence electrons. The normalized spacial score (nSPS) is 17.5. The number of amides is 6. The van der Waals surface area contributed by atoms with Crippen molar-refractivity contribution in [3.8, 4) is 5.75 Å². The lowest BCUT2D eigenvalue weighted by Crippen LogP contribution is -2.61. The lowest BCUT2D eigenvalue weighted by Gasteiger charge is -2.31. The lowest BCUT2D eigenvalue weighted by molar-refractivity contribution is -0.149. The Morgan fingerprint density at radius 2 is 1.45 bits per heavy atom. The molecule has 1 aliphatic rings. The predicted octanol–water partition coefficient (Wildman–Crippen LogP) is -0.627. The molecular weight excluding hydrogens is 688 g/mol. The van der Waals surface area contributed by atoms with Crippen molar-refractivity contribution < 1.29 is 43.8 Å². The van der Waals surface area contributed by atoms with Crippen molar-refractivity contribution in [2.75, 3.05) is 13.1 Å². The van der Waals surface area contributed by atoms with Gasteiger partial charge in [0.05, 0.1) is 6.04 Å². The largest absolute Gasteiger partial charge is 0.508 e. The minimum atomic E-state index is -1.27. The van der Waals surface area contributed by atoms with Gasteiger partial charge in [-0.3, -0.25) is 28.8 Å². The van der Waals surface area contributed by atoms with Crippen LogP contribution in [0.25, 0.3) is 0 Å². The number of aliphatic carboxylic acids is 1. The zero-order chi connectivity index (χ0) is 39.8. The summed E-state index contributed by atoms with van der Waals surface area (Å²) >= 11 is 0. The Bertz CT molecular complexity index is 1420. The number of hydrogen-bond donors (Lipinski definition) is 9. The number of carboxylic acids is 1. The van der Waals surface area contributed by atoms with Crippen LogP contribution >= 0.6 is 0 Å². The summed E-state index contributed by atoms with van der Waals surface area (Å²) in [6.45, 7) is 7.52. The number of carbonyl (C=O) groups excluding carboxylic acids is 6. The van der Waals surface area contributed by atoms with Crippen LogP contribution in [0.3, 0.4) is 0 Å². The third kappa shape index (κ3) is 13.9. The maximum atomic E-state index is 14.0. The quantitative estimate of drug-likeness (QED) is 0.0674. The Morgan fingerprint density at radius 3 is 2.02 bits per heavy atom. The minimum Gasteiger partial charge on any atom is -0.508 e. The van der Waals surface area contributed by atoms with Crippen molar-refractivity contribution in [2.45, 2.75) is 122 Å². The second kappa shape index (κ2) is 21.7. The van der Waals surface area contributed by atoms with E-state index in [4.69, 9.17) is 17.2 Å². The van der Waals surface area contributed by atoms with E-state index in [1.54, 1.807) is 32.9 Å². The highest BCUT2D eigenvalue weighted by Crippen LogP contribution is 2.20. The van der Waals surface area contributed by atoms with Gasteiger partial charge >= 0.3 is 5.97 Å². The summed E-state index contributed by atoms with van der Waals surface area (Å²) in [5, 5.41) is 30.3. The van der Waals surface area contributed by atoms with Gasteiger partial charge in [0.1, 0.15) is 36.0 Å². The lowest BCUT2D eigenvalue weighted by atomic mass is 9.95. The van der Waals surface area contributed by atoms with Gasteiger partial charge < -0.3 is 53.6 Å². The van der Waals surface area contributed by atoms with Crippen LogP contribution in [-0.2, 0) is 40.0 Å². The third-order valence-corrected chi connectivity index (χ3v) is 9.47. The van der Waals surface area contributed by atoms with Crippen LogP contribution in [-0.4, -0.2) is 106 Å². The van der Waals surface area contributed by atoms with Gasteiger partial charge in [-0.2, -0.15) is 0 Å². The summed E-state index contributed by atoms with van der Waals surface area (Å²) in [6.07, 6.45) is 2.29. The molecule has 1 aromatic rings. The first kappa shape index (κ1) is 44.4. The first-order valence-electron chi connectivity index (χ1n) is 18.3. The Kier molecular flexibility index (Phi) is 18.2. The standard InChI is InChI=1S/C36H58N8O9/c1-5-21(4)30(43-31(47)24(38)15-16-28(39)46)34(50)42-29(20(2)3)33(49)41-26(19-22-11-13-23(45)14-12-22)32(48)40-25(9-6-7-17-37)35(51)44-18-8-10-27(44)36(52)53/h11-14,20-21,24-27,29-30,45H,5-10,15-19,37-38H2,1-4H3,(H2,39,46)(H,40,48)(H,41,49)(H,42,50)(H,43,47)(H,52,53). The Balaban J connectivity index is 2.36. The zero-order valence-electron chi connectivity index (χ0n) is 31.1. The molecule has 1 heterocycles. The summed E-state index contributed by atoms with van der Waals surface area (Å²) in [5.41, 5.74) is 17.3. The Hall–Kier alpha value is -4.77. The predicted molar refractivity (Wildman–Crippen MR) is 196 cm³/mol. The number of carboxylic acid groups (broad SMARTS) is 1. The van der Waals surface area contributed by atoms with Crippen molar-refractivity contribution in [3.63, 3.8) is 0 Å². The number of primary amides is 1. The maximum absolute atomic E-state index is 14.0. The summed E-state index contributed by atoms with van der Waals surface area (Å²) in [5.74, 6) is -5.94. The molecule has 0 aliphatic carbocycles. The number of rotatable bonds is 22. The second-order valence-corrected chi connectivity index (χ2v) is 14.0. The topological polar surface area (TPSA) is 289 Å². The smallest absolute Gasteiger partial charge is 0.326 e. The number of nitrogens with zero attached hydrogens (tertiary/aromatic N) is 1. The molecule has 0 bridgehead atoms. The van der Waals surface area contributed by atoms with Crippen LogP contribution in [0.5, 0.6) is 5.75 Å². The molecule has 1 aromatic carbocycles. The zero-order valence-corrected chi connectivity index (χ0v) is 31.1. The van der Waals surface area contributed by atoms with E-state index in [1.165, 1.54) is 17.0 Å². The van der Waals surface area contributed by atoms with Gasteiger partial charge in [0.2, 0.25) is 35.4 Å². The average molecular weight is 747 g/mol. The van der Waals surface area contributed by atoms with Crippen LogP contribution in [0.2, 0.25) is 0 Å². The summed E-state index contributed by atoms with van der Waals surface area (Å²) < 4.78 is 0. The highest BCUT2D eigenvalue weighted by atomic mass is 16.4. The van der Waals surface area contributed by atoms with Crippen molar-refractivity contribution in [2.24, 2.45) is 29.0 Å². The maximum Gasteiger partial charge on any atom is 0.326 e. The third-order valence-electron chi connectivity index (χ3n) is 9.47. The SMILES string of the molecule is CCC(C)C(NC(=O)C(N)CCC(N)=O)C(=O)NC(C(=O)NC(Cc1ccc(O)cc1)C(=O)NC(CCCCN)C(=O)N1CCCC1C(=O)O)C(C)C. The molecule has 7 atom stereocenters. The molecule has 17 heteroatoms. The molecule has 7 unspecified atom stereocenters. The van der Waals surface area contributed by atoms with Crippen molar-refractivity contribution >= 4 is 41.4 Å². The van der Waals surface area contributed by atoms with E-state index in [9.17, 15) is 43.8 Å². The van der Waals surface area contributed by atoms with Crippen LogP contribution in [0, 0.1) is 11.8 Å². The first-order chi connectivity index (χ1) is 25.0. The Labute approximate surface area is 310 Å². The van der Waals surface area contributed by atoms with E-state index >= 15 is 0 Å². The number of nitrogens with one attached hydrogen (secondary N) is 4. The number of phenolic OH excluding ortho intramolecular Hbond substituents is 1. The van der Waals surface area contributed by atoms with E-state index < -0.39 is 83.6 Å². The molecule has 0 aromatic heterocycles. The molecule has 53 heavy (non-hydrogen) atoms. The summed E-state index contributed by atoms with van der Waals surface area (Å²) in [7, 11) is 0. The van der Waals surface area contributed by atoms with E-state index in [1.807, 2.05) is 6.92 Å². The number of nitrogens with two attached hydrogens (primary N) is 3. The van der Waals surface area contributed by atoms with E-state index in [-0.39, 0.29) is 50.3 Å². The van der Waals surface area contributed by atoms with Gasteiger partial charge in [0.15, 0.2) is 0 Å². The van der Waals surface area contributed by atoms with Crippen LogP contribution in [0.15, 0.2) is 24.3 Å². The molecule has 17 nitrogen and oxygen atoms in total. The first-order valence-corrected chi connectivity index (χ1v) is 18.3. The number of aromatic hydroxyl groups is 1. The number of phenols is 1. The van der Waals surface area contributed by atoms with Gasteiger partial charge in [0.25, 0.3) is 0 Å². The Morgan fingerprint density at radius 1 is 0.849 bits per heavy atom. The van der Waals surface area contributed by atoms with Crippen molar-refractivity contribution in [1.82, 2.24) is 26.2 Å². The van der Waals surface area contributed by atoms with Crippen LogP contribution < -0.4 is 38.5 Å². The molecule has 12 N–H and O–H groups in total. The monoisotopic (exact) mass is 746 g/mol. The minimum absolute atomic E-state index is 0.0117. The van der Waals surface area contributed by atoms with Gasteiger partial charge in [0, 0.05) is 19.4 Å². The molecule has 2 rings (SSSR count). The van der Waals surface area contributed by atoms with Gasteiger partial charge in [-0.15, -0.1) is 0 Å². The molecule has 0 saturated carbocycles. The molecule has 1 aliphatic heterocycles. The van der Waals surface area contributed by atoms with Crippen molar-refractivity contribution in [3.05, 3.63) is 29.8 Å². The van der Waals surface area contributed by atoms with Crippen LogP contribution in [0.4, 0.5) is 0 Å². The molecule has 1 fully saturated rings. The average Bonchev–Trinajstić information content (AvgIpc) is 3.61. The summed E-state index contributed by atoms with van der Waals surface area (Å²) in [4.78, 5) is 92.4. The van der Waals surface area contributed by atoms with E-state index in [0.717, 1.165) is 0 Å². The number of benzene rings is 1. The molecule has 6 amide bonds. The number of unbranched alkanes of at least 4 members (excludes halogenated alkanes) is 1. The number of hydrogen-bond acceptors (Lipinski definition) is 10. The summed E-state index contributed by atoms with van der Waals surface area (Å²) in [6, 6.07) is -0.752. The molecule has 0 spiro atoms. The fraction of sp³-hybridized carbons (Fsp3) is 0.639. The fourth-order valence-electron chi connectivity index (χ4n) is 6.02. The van der Waals surface area contributed by atoms with Crippen molar-refractivity contribution in [1.29, 1.82) is 0 Å². The van der Waals surface area contributed by atoms with E-state index in [2.05, 4.69) is 21.3 Å². The van der Waals surface area contributed by atoms with Gasteiger partial charge in [-0.05, 0) is 74.6 Å². The fourth-order valence-corrected chi connectivity index (χ4v) is 6.02. The van der Waals surface area contributed by atoms with Crippen LogP contribution in [0.1, 0.15) is 84.6 Å². The highest BCUT2D eigenvalue weighted by Gasteiger charge is 2.39. The molecule has 0 radical (unpaired) electrons. The molecular formula is C36H58N8O9. The highest BCUT2D eigenvalue weighted by molar-refractivity contribution is 5.96. The van der Waals surface area contributed by atoms with Gasteiger partial charge in [-0.25, -0.2) is 4.79 Å².